The summed E-state index contributed by atoms with van der Waals surface area (Å²) >= 11 is 0. The third kappa shape index (κ3) is 2.81. The number of allylic oxidation sites excluding steroid dienone is 4. The highest BCUT2D eigenvalue weighted by Gasteiger charge is 2.13. The van der Waals surface area contributed by atoms with Crippen LogP contribution in [0.4, 0.5) is 11.4 Å². The molecular formula is C16H18N2O. The van der Waals surface area contributed by atoms with Gasteiger partial charge in [-0.1, -0.05) is 0 Å². The highest BCUT2D eigenvalue weighted by Crippen LogP contribution is 2.24. The molecule has 98 valence electrons. The average Bonchev–Trinajstić information content (AvgIpc) is 2.38. The van der Waals surface area contributed by atoms with Crippen molar-refractivity contribution in [3.63, 3.8) is 0 Å². The van der Waals surface area contributed by atoms with E-state index in [1.165, 1.54) is 0 Å². The van der Waals surface area contributed by atoms with Gasteiger partial charge in [0.1, 0.15) is 0 Å². The van der Waals surface area contributed by atoms with Crippen LogP contribution in [0.5, 0.6) is 0 Å². The van der Waals surface area contributed by atoms with Crippen LogP contribution in [0.2, 0.25) is 0 Å². The first kappa shape index (κ1) is 13.3. The number of hydrogen-bond acceptors (Lipinski definition) is 3. The SMILES string of the molecule is CNc1ccc(N=C2C=C(C)C(=O)C(C)=C2)c(C)c1. The molecule has 19 heavy (non-hydrogen) atoms. The number of benzene rings is 1. The summed E-state index contributed by atoms with van der Waals surface area (Å²) in [6.45, 7) is 5.68. The highest BCUT2D eigenvalue weighted by atomic mass is 16.1. The highest BCUT2D eigenvalue weighted by molar-refractivity contribution is 6.21. The van der Waals surface area contributed by atoms with Crippen LogP contribution in [0.25, 0.3) is 0 Å². The predicted octanol–water partition coefficient (Wildman–Crippen LogP) is 3.58. The Kier molecular flexibility index (Phi) is 3.65. The van der Waals surface area contributed by atoms with Crippen LogP contribution >= 0.6 is 0 Å². The first-order chi connectivity index (χ1) is 9.01. The van der Waals surface area contributed by atoms with Gasteiger partial charge in [0.15, 0.2) is 5.78 Å². The zero-order valence-corrected chi connectivity index (χ0v) is 11.7. The summed E-state index contributed by atoms with van der Waals surface area (Å²) in [6.07, 6.45) is 3.67. The molecule has 3 heteroatoms. The normalized spacial score (nSPS) is 14.9. The lowest BCUT2D eigenvalue weighted by molar-refractivity contribution is -0.112. The zero-order valence-electron chi connectivity index (χ0n) is 11.7. The molecule has 0 saturated carbocycles. The molecule has 0 spiro atoms. The molecule has 1 aliphatic rings. The quantitative estimate of drug-likeness (QED) is 0.819. The van der Waals surface area contributed by atoms with Gasteiger partial charge in [-0.2, -0.15) is 0 Å². The summed E-state index contributed by atoms with van der Waals surface area (Å²) in [5, 5.41) is 3.10. The summed E-state index contributed by atoms with van der Waals surface area (Å²) in [4.78, 5) is 16.3. The first-order valence-corrected chi connectivity index (χ1v) is 6.29. The van der Waals surface area contributed by atoms with Crippen LogP contribution in [0.15, 0.2) is 46.5 Å². The third-order valence-corrected chi connectivity index (χ3v) is 3.18. The Morgan fingerprint density at radius 2 is 1.68 bits per heavy atom. The van der Waals surface area contributed by atoms with Crippen molar-refractivity contribution in [1.82, 2.24) is 0 Å². The van der Waals surface area contributed by atoms with Crippen molar-refractivity contribution in [3.05, 3.63) is 47.1 Å². The van der Waals surface area contributed by atoms with E-state index in [9.17, 15) is 4.79 Å². The average molecular weight is 254 g/mol. The fourth-order valence-electron chi connectivity index (χ4n) is 2.07. The van der Waals surface area contributed by atoms with Gasteiger partial charge in [-0.3, -0.25) is 4.79 Å². The second kappa shape index (κ2) is 5.22. The van der Waals surface area contributed by atoms with Crippen LogP contribution in [0.3, 0.4) is 0 Å². The van der Waals surface area contributed by atoms with Crippen LogP contribution in [-0.4, -0.2) is 18.5 Å². The number of anilines is 1. The summed E-state index contributed by atoms with van der Waals surface area (Å²) in [7, 11) is 1.89. The Labute approximate surface area is 113 Å². The molecule has 0 heterocycles. The van der Waals surface area contributed by atoms with E-state index in [4.69, 9.17) is 0 Å². The number of rotatable bonds is 2. The Morgan fingerprint density at radius 3 is 2.21 bits per heavy atom. The zero-order chi connectivity index (χ0) is 14.0. The van der Waals surface area contributed by atoms with E-state index >= 15 is 0 Å². The number of Topliss-reactive ketones (excluding diaryl/α,β-unsaturated/α-hetero) is 1. The summed E-state index contributed by atoms with van der Waals surface area (Å²) in [5.41, 5.74) is 5.41. The number of carbonyl (C=O) groups excluding carboxylic acids is 1. The van der Waals surface area contributed by atoms with Crippen molar-refractivity contribution in [2.24, 2.45) is 4.99 Å². The Morgan fingerprint density at radius 1 is 1.05 bits per heavy atom. The molecule has 0 saturated heterocycles. The first-order valence-electron chi connectivity index (χ1n) is 6.29. The van der Waals surface area contributed by atoms with Crippen LogP contribution < -0.4 is 5.32 Å². The Hall–Kier alpha value is -2.16. The number of nitrogens with zero attached hydrogens (tertiary/aromatic N) is 1. The molecular weight excluding hydrogens is 236 g/mol. The van der Waals surface area contributed by atoms with Gasteiger partial charge in [0, 0.05) is 12.7 Å². The maximum Gasteiger partial charge on any atom is 0.184 e. The topological polar surface area (TPSA) is 41.5 Å². The number of aliphatic imine (C=N–C) groups is 1. The molecule has 0 bridgehead atoms. The molecule has 0 atom stereocenters. The van der Waals surface area contributed by atoms with Crippen molar-refractivity contribution in [2.45, 2.75) is 20.8 Å². The van der Waals surface area contributed by atoms with E-state index < -0.39 is 0 Å². The monoisotopic (exact) mass is 254 g/mol. The van der Waals surface area contributed by atoms with Crippen molar-refractivity contribution >= 4 is 22.9 Å². The maximum absolute atomic E-state index is 11.7. The maximum atomic E-state index is 11.7. The van der Waals surface area contributed by atoms with Crippen molar-refractivity contribution in [2.75, 3.05) is 12.4 Å². The second-order valence-corrected chi connectivity index (χ2v) is 4.77. The van der Waals surface area contributed by atoms with Crippen LogP contribution in [0, 0.1) is 6.92 Å². The van der Waals surface area contributed by atoms with Crippen LogP contribution in [-0.2, 0) is 4.79 Å². The Balaban J connectivity index is 2.40. The lowest BCUT2D eigenvalue weighted by Crippen LogP contribution is -2.10. The fourth-order valence-corrected chi connectivity index (χ4v) is 2.07. The minimum absolute atomic E-state index is 0.0983. The van der Waals surface area contributed by atoms with Gasteiger partial charge in [0.2, 0.25) is 0 Å². The van der Waals surface area contributed by atoms with Gasteiger partial charge in [-0.15, -0.1) is 0 Å². The van der Waals surface area contributed by atoms with E-state index in [0.29, 0.717) is 0 Å². The summed E-state index contributed by atoms with van der Waals surface area (Å²) in [6, 6.07) is 6.03. The van der Waals surface area contributed by atoms with Gasteiger partial charge >= 0.3 is 0 Å². The van der Waals surface area contributed by atoms with Gasteiger partial charge in [-0.05, 0) is 67.8 Å². The molecule has 1 aliphatic carbocycles. The van der Waals surface area contributed by atoms with E-state index in [0.717, 1.165) is 33.8 Å². The minimum atomic E-state index is 0.0983. The molecule has 0 amide bonds. The molecule has 1 N–H and O–H groups in total. The smallest absolute Gasteiger partial charge is 0.184 e. The number of ketones is 1. The number of aryl methyl sites for hydroxylation is 1. The molecule has 0 fully saturated rings. The van der Waals surface area contributed by atoms with E-state index in [1.807, 2.05) is 52.1 Å². The minimum Gasteiger partial charge on any atom is -0.388 e. The fraction of sp³-hybridized carbons (Fsp3) is 0.250. The third-order valence-electron chi connectivity index (χ3n) is 3.18. The number of nitrogens with one attached hydrogen (secondary N) is 1. The second-order valence-electron chi connectivity index (χ2n) is 4.77. The van der Waals surface area contributed by atoms with Gasteiger partial charge in [0.25, 0.3) is 0 Å². The molecule has 2 rings (SSSR count). The number of hydrogen-bond donors (Lipinski definition) is 1. The molecule has 1 aromatic carbocycles. The molecule has 0 aromatic heterocycles. The molecule has 0 radical (unpaired) electrons. The number of carbonyl (C=O) groups is 1. The largest absolute Gasteiger partial charge is 0.388 e. The summed E-state index contributed by atoms with van der Waals surface area (Å²) < 4.78 is 0. The molecule has 0 aliphatic heterocycles. The Bertz CT molecular complexity index is 598. The predicted molar refractivity (Wildman–Crippen MR) is 80.3 cm³/mol. The van der Waals surface area contributed by atoms with E-state index in [1.54, 1.807) is 0 Å². The molecule has 1 aromatic rings. The van der Waals surface area contributed by atoms with Gasteiger partial charge in [-0.25, -0.2) is 4.99 Å². The lowest BCUT2D eigenvalue weighted by Gasteiger charge is -2.10. The van der Waals surface area contributed by atoms with Crippen molar-refractivity contribution < 1.29 is 4.79 Å². The standard InChI is InChI=1S/C16H18N2O/c1-10-7-13(17-4)5-6-15(10)18-14-8-11(2)16(19)12(3)9-14/h5-9,17H,1-4H3. The van der Waals surface area contributed by atoms with Gasteiger partial charge in [0.05, 0.1) is 11.4 Å². The van der Waals surface area contributed by atoms with Crippen LogP contribution in [0.1, 0.15) is 19.4 Å². The lowest BCUT2D eigenvalue weighted by atomic mass is 9.98. The van der Waals surface area contributed by atoms with Gasteiger partial charge < -0.3 is 5.32 Å². The van der Waals surface area contributed by atoms with Crippen molar-refractivity contribution in [3.8, 4) is 0 Å². The summed E-state index contributed by atoms with van der Waals surface area (Å²) in [5.74, 6) is 0.0983. The van der Waals surface area contributed by atoms with Crippen molar-refractivity contribution in [1.29, 1.82) is 0 Å². The molecule has 3 nitrogen and oxygen atoms in total. The molecule has 0 unspecified atom stereocenters. The van der Waals surface area contributed by atoms with E-state index in [2.05, 4.69) is 16.4 Å². The van der Waals surface area contributed by atoms with E-state index in [-0.39, 0.29) is 5.78 Å².